The fraction of sp³-hybridized carbons (Fsp3) is 0.0870. The molecule has 0 radical (unpaired) electrons. The summed E-state index contributed by atoms with van der Waals surface area (Å²) in [6.07, 6.45) is 1.78. The molecule has 0 saturated carbocycles. The van der Waals surface area contributed by atoms with E-state index in [4.69, 9.17) is 9.73 Å². The molecule has 25 heavy (non-hydrogen) atoms. The molecule has 0 saturated heterocycles. The van der Waals surface area contributed by atoms with Crippen LogP contribution in [0.5, 0.6) is 0 Å². The fourth-order valence-electron chi connectivity index (χ4n) is 3.21. The van der Waals surface area contributed by atoms with Gasteiger partial charge in [-0.1, -0.05) is 84.9 Å². The van der Waals surface area contributed by atoms with E-state index in [1.54, 1.807) is 7.11 Å². The molecule has 1 atom stereocenters. The Kier molecular flexibility index (Phi) is 4.28. The lowest BCUT2D eigenvalue weighted by Gasteiger charge is -2.13. The average molecular weight is 325 g/mol. The smallest absolute Gasteiger partial charge is 0.168 e. The molecule has 2 nitrogen and oxygen atoms in total. The molecular weight excluding hydrogens is 306 g/mol. The summed E-state index contributed by atoms with van der Waals surface area (Å²) >= 11 is 0. The van der Waals surface area contributed by atoms with Crippen LogP contribution in [0.15, 0.2) is 96.0 Å². The van der Waals surface area contributed by atoms with E-state index in [0.717, 1.165) is 22.4 Å². The molecule has 1 aliphatic heterocycles. The topological polar surface area (TPSA) is 21.6 Å². The summed E-state index contributed by atoms with van der Waals surface area (Å²) in [5.41, 5.74) is 6.68. The number of fused-ring (bicyclic) bond motifs is 1. The van der Waals surface area contributed by atoms with Crippen LogP contribution >= 0.6 is 0 Å². The molecule has 1 heterocycles. The number of hydrogen-bond donors (Lipinski definition) is 0. The highest BCUT2D eigenvalue weighted by molar-refractivity contribution is 6.16. The normalized spacial score (nSPS) is 16.4. The molecule has 0 N–H and O–H groups in total. The Bertz CT molecular complexity index is 850. The third-order valence-electron chi connectivity index (χ3n) is 4.41. The summed E-state index contributed by atoms with van der Waals surface area (Å²) in [6, 6.07) is 29.1. The molecule has 4 rings (SSSR count). The molecule has 2 heteroatoms. The largest absolute Gasteiger partial charge is 0.356 e. The Balaban J connectivity index is 1.94. The highest BCUT2D eigenvalue weighted by atomic mass is 16.5. The van der Waals surface area contributed by atoms with E-state index in [-0.39, 0.29) is 6.23 Å². The number of rotatable bonds is 3. The summed E-state index contributed by atoms with van der Waals surface area (Å²) in [4.78, 5) is 4.90. The molecule has 1 unspecified atom stereocenters. The number of methoxy groups -OCH3 is 1. The Morgan fingerprint density at radius 2 is 1.24 bits per heavy atom. The Labute approximate surface area is 148 Å². The van der Waals surface area contributed by atoms with Gasteiger partial charge in [0.05, 0.1) is 5.71 Å². The van der Waals surface area contributed by atoms with Crippen LogP contribution in [-0.2, 0) is 4.74 Å². The fourth-order valence-corrected chi connectivity index (χ4v) is 3.21. The summed E-state index contributed by atoms with van der Waals surface area (Å²) in [6.45, 7) is 0. The van der Waals surface area contributed by atoms with Gasteiger partial charge in [-0.25, -0.2) is 4.99 Å². The maximum absolute atomic E-state index is 5.64. The van der Waals surface area contributed by atoms with Crippen molar-refractivity contribution in [1.29, 1.82) is 0 Å². The first kappa shape index (κ1) is 15.6. The molecule has 0 aromatic heterocycles. The van der Waals surface area contributed by atoms with Crippen molar-refractivity contribution in [2.45, 2.75) is 6.23 Å². The van der Waals surface area contributed by atoms with Crippen molar-refractivity contribution in [3.8, 4) is 0 Å². The van der Waals surface area contributed by atoms with Crippen molar-refractivity contribution in [3.63, 3.8) is 0 Å². The summed E-state index contributed by atoms with van der Waals surface area (Å²) < 4.78 is 5.64. The predicted molar refractivity (Wildman–Crippen MR) is 103 cm³/mol. The SMILES string of the molecule is COC1C=C(c2ccccc2)c2ccccc2C(c2ccccc2)=N1. The van der Waals surface area contributed by atoms with Crippen molar-refractivity contribution >= 4 is 11.3 Å². The van der Waals surface area contributed by atoms with Gasteiger partial charge in [0.1, 0.15) is 0 Å². The van der Waals surface area contributed by atoms with Gasteiger partial charge in [0.15, 0.2) is 6.23 Å². The monoisotopic (exact) mass is 325 g/mol. The third kappa shape index (κ3) is 3.04. The summed E-state index contributed by atoms with van der Waals surface area (Å²) in [5.74, 6) is 0. The lowest BCUT2D eigenvalue weighted by molar-refractivity contribution is 0.149. The van der Waals surface area contributed by atoms with Crippen molar-refractivity contribution in [2.24, 2.45) is 4.99 Å². The number of aliphatic imine (C=N–C) groups is 1. The molecular formula is C23H19NO. The van der Waals surface area contributed by atoms with E-state index >= 15 is 0 Å². The second kappa shape index (κ2) is 6.88. The van der Waals surface area contributed by atoms with E-state index in [9.17, 15) is 0 Å². The molecule has 1 aliphatic rings. The van der Waals surface area contributed by atoms with Crippen LogP contribution in [0.4, 0.5) is 0 Å². The van der Waals surface area contributed by atoms with Crippen LogP contribution in [-0.4, -0.2) is 19.0 Å². The Morgan fingerprint density at radius 1 is 0.680 bits per heavy atom. The summed E-state index contributed by atoms with van der Waals surface area (Å²) in [5, 5.41) is 0. The predicted octanol–water partition coefficient (Wildman–Crippen LogP) is 4.94. The second-order valence-electron chi connectivity index (χ2n) is 5.96. The zero-order valence-electron chi connectivity index (χ0n) is 14.1. The van der Waals surface area contributed by atoms with Crippen LogP contribution < -0.4 is 0 Å². The molecule has 3 aromatic carbocycles. The van der Waals surface area contributed by atoms with Gasteiger partial charge in [-0.15, -0.1) is 0 Å². The van der Waals surface area contributed by atoms with E-state index in [1.807, 2.05) is 24.3 Å². The van der Waals surface area contributed by atoms with Gasteiger partial charge in [-0.2, -0.15) is 0 Å². The average Bonchev–Trinajstić information content (AvgIpc) is 2.86. The van der Waals surface area contributed by atoms with Crippen LogP contribution in [0, 0.1) is 0 Å². The second-order valence-corrected chi connectivity index (χ2v) is 5.96. The third-order valence-corrected chi connectivity index (χ3v) is 4.41. The number of hydrogen-bond acceptors (Lipinski definition) is 2. The maximum Gasteiger partial charge on any atom is 0.168 e. The lowest BCUT2D eigenvalue weighted by Crippen LogP contribution is -2.10. The minimum absolute atomic E-state index is 0.321. The standard InChI is InChI=1S/C23H19NO/c1-25-22-16-21(17-10-4-2-5-11-17)19-14-8-9-15-20(19)23(24-22)18-12-6-3-7-13-18/h2-16,22H,1H3. The van der Waals surface area contributed by atoms with Gasteiger partial charge in [0.25, 0.3) is 0 Å². The highest BCUT2D eigenvalue weighted by Crippen LogP contribution is 2.31. The number of nitrogens with zero attached hydrogens (tertiary/aromatic N) is 1. The molecule has 3 aromatic rings. The number of ether oxygens (including phenoxy) is 1. The Morgan fingerprint density at radius 3 is 1.88 bits per heavy atom. The van der Waals surface area contributed by atoms with Crippen LogP contribution in [0.3, 0.4) is 0 Å². The highest BCUT2D eigenvalue weighted by Gasteiger charge is 2.21. The van der Waals surface area contributed by atoms with Gasteiger partial charge >= 0.3 is 0 Å². The molecule has 0 fully saturated rings. The first-order valence-electron chi connectivity index (χ1n) is 8.40. The molecule has 122 valence electrons. The number of benzene rings is 3. The van der Waals surface area contributed by atoms with Gasteiger partial charge in [0, 0.05) is 18.2 Å². The maximum atomic E-state index is 5.64. The molecule has 0 amide bonds. The van der Waals surface area contributed by atoms with E-state index in [0.29, 0.717) is 0 Å². The molecule has 0 aliphatic carbocycles. The minimum Gasteiger partial charge on any atom is -0.356 e. The van der Waals surface area contributed by atoms with Crippen molar-refractivity contribution in [3.05, 3.63) is 113 Å². The van der Waals surface area contributed by atoms with Crippen LogP contribution in [0.25, 0.3) is 5.57 Å². The van der Waals surface area contributed by atoms with E-state index in [2.05, 4.69) is 66.7 Å². The van der Waals surface area contributed by atoms with Crippen molar-refractivity contribution in [2.75, 3.05) is 7.11 Å². The van der Waals surface area contributed by atoms with Crippen molar-refractivity contribution in [1.82, 2.24) is 0 Å². The molecule has 0 spiro atoms. The minimum atomic E-state index is -0.321. The zero-order chi connectivity index (χ0) is 17.1. The van der Waals surface area contributed by atoms with Crippen LogP contribution in [0.2, 0.25) is 0 Å². The van der Waals surface area contributed by atoms with Gasteiger partial charge < -0.3 is 4.74 Å². The quantitative estimate of drug-likeness (QED) is 0.668. The Hall–Kier alpha value is -2.97. The lowest BCUT2D eigenvalue weighted by atomic mass is 9.90. The van der Waals surface area contributed by atoms with Crippen LogP contribution in [0.1, 0.15) is 22.3 Å². The van der Waals surface area contributed by atoms with E-state index < -0.39 is 0 Å². The van der Waals surface area contributed by atoms with Gasteiger partial charge in [-0.3, -0.25) is 0 Å². The van der Waals surface area contributed by atoms with E-state index in [1.165, 1.54) is 11.1 Å². The summed E-state index contributed by atoms with van der Waals surface area (Å²) in [7, 11) is 1.70. The molecule has 0 bridgehead atoms. The van der Waals surface area contributed by atoms with Crippen molar-refractivity contribution < 1.29 is 4.74 Å². The first-order chi connectivity index (χ1) is 12.4. The zero-order valence-corrected chi connectivity index (χ0v) is 14.1. The van der Waals surface area contributed by atoms with Gasteiger partial charge in [0.2, 0.25) is 0 Å². The van der Waals surface area contributed by atoms with Gasteiger partial charge in [-0.05, 0) is 22.8 Å². The first-order valence-corrected chi connectivity index (χ1v) is 8.40.